The summed E-state index contributed by atoms with van der Waals surface area (Å²) in [6.45, 7) is 6.30. The molecule has 2 bridgehead atoms. The lowest BCUT2D eigenvalue weighted by atomic mass is 9.84. The van der Waals surface area contributed by atoms with Gasteiger partial charge in [-0.25, -0.2) is 0 Å². The van der Waals surface area contributed by atoms with Gasteiger partial charge in [0.05, 0.1) is 0 Å². The van der Waals surface area contributed by atoms with Crippen molar-refractivity contribution < 1.29 is 0 Å². The van der Waals surface area contributed by atoms with E-state index in [1.165, 1.54) is 38.2 Å². The van der Waals surface area contributed by atoms with Crippen LogP contribution in [-0.2, 0) is 0 Å². The highest BCUT2D eigenvalue weighted by Crippen LogP contribution is 2.27. The molecule has 2 unspecified atom stereocenters. The van der Waals surface area contributed by atoms with Crippen LogP contribution in [0.5, 0.6) is 0 Å². The number of piperidine rings is 3. The van der Waals surface area contributed by atoms with E-state index in [-0.39, 0.29) is 0 Å². The van der Waals surface area contributed by atoms with Crippen molar-refractivity contribution in [3.8, 4) is 0 Å². The first-order chi connectivity index (χ1) is 6.79. The molecule has 0 spiro atoms. The molecule has 0 aromatic heterocycles. The van der Waals surface area contributed by atoms with Crippen molar-refractivity contribution >= 4 is 11.8 Å². The summed E-state index contributed by atoms with van der Waals surface area (Å²) in [5, 5.41) is 3.79. The van der Waals surface area contributed by atoms with E-state index in [1.807, 2.05) is 11.8 Å². The van der Waals surface area contributed by atoms with Crippen molar-refractivity contribution in [2.75, 3.05) is 31.6 Å². The fourth-order valence-corrected chi connectivity index (χ4v) is 3.41. The fraction of sp³-hybridized carbons (Fsp3) is 1.00. The van der Waals surface area contributed by atoms with Crippen molar-refractivity contribution in [1.82, 2.24) is 10.2 Å². The van der Waals surface area contributed by atoms with Gasteiger partial charge in [0.1, 0.15) is 0 Å². The summed E-state index contributed by atoms with van der Waals surface area (Å²) in [5.41, 5.74) is 0. The van der Waals surface area contributed by atoms with Crippen LogP contribution in [-0.4, -0.2) is 48.6 Å². The zero-order valence-corrected chi connectivity index (χ0v) is 10.1. The molecule has 0 aromatic carbocycles. The van der Waals surface area contributed by atoms with Crippen LogP contribution < -0.4 is 5.32 Å². The molecular formula is C11H22N2S. The summed E-state index contributed by atoms with van der Waals surface area (Å²) in [6, 6.07) is 1.45. The highest BCUT2D eigenvalue weighted by Gasteiger charge is 2.34. The first kappa shape index (κ1) is 10.8. The van der Waals surface area contributed by atoms with Crippen LogP contribution in [0.15, 0.2) is 0 Å². The molecule has 82 valence electrons. The molecule has 3 heterocycles. The molecule has 1 N–H and O–H groups in total. The van der Waals surface area contributed by atoms with Crippen molar-refractivity contribution in [2.45, 2.75) is 31.8 Å². The number of fused-ring (bicyclic) bond motifs is 3. The van der Waals surface area contributed by atoms with Gasteiger partial charge < -0.3 is 10.2 Å². The summed E-state index contributed by atoms with van der Waals surface area (Å²) < 4.78 is 0. The standard InChI is InChI=1S/C11H22N2S/c1-9(8-14-2)12-11-7-13-5-3-10(11)4-6-13/h9-12H,3-8H2,1-2H3. The molecule has 3 aliphatic rings. The van der Waals surface area contributed by atoms with Crippen molar-refractivity contribution in [2.24, 2.45) is 5.92 Å². The zero-order chi connectivity index (χ0) is 9.97. The van der Waals surface area contributed by atoms with Gasteiger partial charge in [0.15, 0.2) is 0 Å². The predicted octanol–water partition coefficient (Wildman–Crippen LogP) is 1.42. The Hall–Kier alpha value is 0.270. The third-order valence-electron chi connectivity index (χ3n) is 3.57. The molecule has 0 saturated carbocycles. The lowest BCUT2D eigenvalue weighted by Crippen LogP contribution is -2.57. The molecule has 0 aromatic rings. The second-order valence-electron chi connectivity index (χ2n) is 4.77. The van der Waals surface area contributed by atoms with Gasteiger partial charge in [-0.05, 0) is 45.0 Å². The largest absolute Gasteiger partial charge is 0.309 e. The van der Waals surface area contributed by atoms with Crippen molar-refractivity contribution in [3.05, 3.63) is 0 Å². The Morgan fingerprint density at radius 1 is 1.43 bits per heavy atom. The minimum atomic E-state index is 0.676. The maximum Gasteiger partial charge on any atom is 0.0226 e. The summed E-state index contributed by atoms with van der Waals surface area (Å²) in [7, 11) is 0. The van der Waals surface area contributed by atoms with Gasteiger partial charge in [-0.3, -0.25) is 0 Å². The molecule has 3 heteroatoms. The van der Waals surface area contributed by atoms with E-state index in [9.17, 15) is 0 Å². The number of hydrogen-bond acceptors (Lipinski definition) is 3. The van der Waals surface area contributed by atoms with Crippen LogP contribution in [0.2, 0.25) is 0 Å². The second kappa shape index (κ2) is 4.86. The number of rotatable bonds is 4. The maximum absolute atomic E-state index is 3.79. The van der Waals surface area contributed by atoms with E-state index in [2.05, 4.69) is 23.4 Å². The van der Waals surface area contributed by atoms with Gasteiger partial charge in [0.25, 0.3) is 0 Å². The van der Waals surface area contributed by atoms with E-state index in [0.29, 0.717) is 6.04 Å². The number of hydrogen-bond donors (Lipinski definition) is 1. The topological polar surface area (TPSA) is 15.3 Å². The molecular weight excluding hydrogens is 192 g/mol. The van der Waals surface area contributed by atoms with Gasteiger partial charge in [0.2, 0.25) is 0 Å². The van der Waals surface area contributed by atoms with E-state index >= 15 is 0 Å². The van der Waals surface area contributed by atoms with Crippen LogP contribution in [0.4, 0.5) is 0 Å². The van der Waals surface area contributed by atoms with Crippen molar-refractivity contribution in [1.29, 1.82) is 0 Å². The molecule has 3 aliphatic heterocycles. The van der Waals surface area contributed by atoms with Gasteiger partial charge in [-0.2, -0.15) is 11.8 Å². The zero-order valence-electron chi connectivity index (χ0n) is 9.33. The van der Waals surface area contributed by atoms with E-state index in [0.717, 1.165) is 12.0 Å². The Morgan fingerprint density at radius 2 is 2.14 bits per heavy atom. The third-order valence-corrected chi connectivity index (χ3v) is 4.40. The molecule has 14 heavy (non-hydrogen) atoms. The highest BCUT2D eigenvalue weighted by atomic mass is 32.2. The fourth-order valence-electron chi connectivity index (χ4n) is 2.82. The average Bonchev–Trinajstić information content (AvgIpc) is 2.19. The van der Waals surface area contributed by atoms with Crippen molar-refractivity contribution in [3.63, 3.8) is 0 Å². The Morgan fingerprint density at radius 3 is 2.64 bits per heavy atom. The third kappa shape index (κ3) is 2.44. The van der Waals surface area contributed by atoms with Crippen LogP contribution in [0, 0.1) is 5.92 Å². The first-order valence-electron chi connectivity index (χ1n) is 5.77. The number of nitrogens with one attached hydrogen (secondary N) is 1. The average molecular weight is 214 g/mol. The molecule has 3 saturated heterocycles. The highest BCUT2D eigenvalue weighted by molar-refractivity contribution is 7.98. The minimum absolute atomic E-state index is 0.676. The monoisotopic (exact) mass is 214 g/mol. The summed E-state index contributed by atoms with van der Waals surface area (Å²) in [5.74, 6) is 2.20. The van der Waals surface area contributed by atoms with Gasteiger partial charge in [-0.15, -0.1) is 0 Å². The molecule has 2 nitrogen and oxygen atoms in total. The number of nitrogens with zero attached hydrogens (tertiary/aromatic N) is 1. The summed E-state index contributed by atoms with van der Waals surface area (Å²) >= 11 is 1.94. The van der Waals surface area contributed by atoms with E-state index < -0.39 is 0 Å². The molecule has 0 radical (unpaired) electrons. The molecule has 0 amide bonds. The Labute approximate surface area is 91.8 Å². The molecule has 3 rings (SSSR count). The van der Waals surface area contributed by atoms with Gasteiger partial charge >= 0.3 is 0 Å². The van der Waals surface area contributed by atoms with Gasteiger partial charge in [-0.1, -0.05) is 0 Å². The van der Waals surface area contributed by atoms with E-state index in [1.54, 1.807) is 0 Å². The lowest BCUT2D eigenvalue weighted by molar-refractivity contribution is 0.0693. The smallest absolute Gasteiger partial charge is 0.0226 e. The minimum Gasteiger partial charge on any atom is -0.309 e. The molecule has 0 aliphatic carbocycles. The Bertz CT molecular complexity index is 178. The van der Waals surface area contributed by atoms with Gasteiger partial charge in [0, 0.05) is 24.4 Å². The van der Waals surface area contributed by atoms with Crippen LogP contribution in [0.3, 0.4) is 0 Å². The lowest BCUT2D eigenvalue weighted by Gasteiger charge is -2.46. The molecule has 3 fully saturated rings. The van der Waals surface area contributed by atoms with E-state index in [4.69, 9.17) is 0 Å². The predicted molar refractivity (Wildman–Crippen MR) is 63.9 cm³/mol. The Kier molecular flexibility index (Phi) is 3.74. The summed E-state index contributed by atoms with van der Waals surface area (Å²) in [4.78, 5) is 2.61. The summed E-state index contributed by atoms with van der Waals surface area (Å²) in [6.07, 6.45) is 5.03. The van der Waals surface area contributed by atoms with Crippen LogP contribution in [0.25, 0.3) is 0 Å². The maximum atomic E-state index is 3.79. The first-order valence-corrected chi connectivity index (χ1v) is 7.16. The van der Waals surface area contributed by atoms with Crippen LogP contribution in [0.1, 0.15) is 19.8 Å². The quantitative estimate of drug-likeness (QED) is 0.762. The SMILES string of the molecule is CSCC(C)NC1CN2CCC1CC2. The Balaban J connectivity index is 1.80. The second-order valence-corrected chi connectivity index (χ2v) is 5.68. The number of thioether (sulfide) groups is 1. The van der Waals surface area contributed by atoms with Crippen LogP contribution >= 0.6 is 11.8 Å². The normalized spacial score (nSPS) is 38.6. The molecule has 2 atom stereocenters.